The molecule has 0 aliphatic rings. The van der Waals surface area contributed by atoms with E-state index in [1.54, 1.807) is 23.6 Å². The van der Waals surface area contributed by atoms with Crippen molar-refractivity contribution in [3.63, 3.8) is 0 Å². The summed E-state index contributed by atoms with van der Waals surface area (Å²) in [7, 11) is -1.94. The Hall–Kier alpha value is -1.15. The molecule has 7 heteroatoms. The number of nitrogens with two attached hydrogens (primary N) is 1. The molecule has 2 N–H and O–H groups in total. The number of hydrogen-bond acceptors (Lipinski definition) is 5. The van der Waals surface area contributed by atoms with Crippen LogP contribution in [-0.2, 0) is 23.1 Å². The molecule has 2 aromatic rings. The normalized spacial score (nSPS) is 12.2. The molecule has 0 spiro atoms. The number of thiophene rings is 1. The zero-order chi connectivity index (χ0) is 13.2. The third-order valence-corrected chi connectivity index (χ3v) is 5.76. The molecule has 0 bridgehead atoms. The molecule has 0 amide bonds. The first kappa shape index (κ1) is 13.3. The third kappa shape index (κ3) is 2.64. The van der Waals surface area contributed by atoms with Gasteiger partial charge in [0.25, 0.3) is 10.0 Å². The average molecular weight is 286 g/mol. The van der Waals surface area contributed by atoms with Crippen LogP contribution in [0.3, 0.4) is 0 Å². The van der Waals surface area contributed by atoms with E-state index in [2.05, 4.69) is 0 Å². The molecule has 0 aromatic carbocycles. The first-order valence-corrected chi connectivity index (χ1v) is 7.62. The summed E-state index contributed by atoms with van der Waals surface area (Å²) < 4.78 is 31.2. The highest BCUT2D eigenvalue weighted by Gasteiger charge is 2.23. The average Bonchev–Trinajstić information content (AvgIpc) is 2.99. The van der Waals surface area contributed by atoms with Crippen LogP contribution in [0.4, 0.5) is 0 Å². The van der Waals surface area contributed by atoms with Crippen molar-refractivity contribution in [1.29, 1.82) is 0 Å². The lowest BCUT2D eigenvalue weighted by molar-refractivity contribution is 0.407. The molecule has 0 unspecified atom stereocenters. The Morgan fingerprint density at radius 1 is 1.50 bits per heavy atom. The van der Waals surface area contributed by atoms with Gasteiger partial charge in [0.15, 0.2) is 0 Å². The van der Waals surface area contributed by atoms with E-state index >= 15 is 0 Å². The van der Waals surface area contributed by atoms with Gasteiger partial charge in [-0.3, -0.25) is 0 Å². The Balaban J connectivity index is 2.19. The maximum atomic E-state index is 12.2. The van der Waals surface area contributed by atoms with Crippen LogP contribution in [0.5, 0.6) is 0 Å². The van der Waals surface area contributed by atoms with Crippen molar-refractivity contribution in [2.75, 3.05) is 7.05 Å². The Labute approximate surface area is 110 Å². The Kier molecular flexibility index (Phi) is 3.86. The lowest BCUT2D eigenvalue weighted by atomic mass is 10.4. The molecule has 18 heavy (non-hydrogen) atoms. The minimum absolute atomic E-state index is 0.213. The van der Waals surface area contributed by atoms with Crippen LogP contribution < -0.4 is 5.73 Å². The summed E-state index contributed by atoms with van der Waals surface area (Å²) in [5.74, 6) is 0.608. The van der Waals surface area contributed by atoms with Crippen LogP contribution >= 0.6 is 11.3 Å². The van der Waals surface area contributed by atoms with Crippen molar-refractivity contribution >= 4 is 21.4 Å². The minimum atomic E-state index is -3.47. The molecule has 0 radical (unpaired) electrons. The van der Waals surface area contributed by atoms with Gasteiger partial charge < -0.3 is 10.2 Å². The van der Waals surface area contributed by atoms with Crippen LogP contribution in [0.25, 0.3) is 0 Å². The van der Waals surface area contributed by atoms with Gasteiger partial charge in [0.1, 0.15) is 9.97 Å². The van der Waals surface area contributed by atoms with Gasteiger partial charge >= 0.3 is 0 Å². The van der Waals surface area contributed by atoms with Gasteiger partial charge in [-0.2, -0.15) is 4.31 Å². The van der Waals surface area contributed by atoms with Crippen LogP contribution in [0.1, 0.15) is 11.3 Å². The van der Waals surface area contributed by atoms with Gasteiger partial charge in [-0.05, 0) is 29.1 Å². The molecular formula is C11H14N2O3S2. The van der Waals surface area contributed by atoms with Crippen molar-refractivity contribution in [3.05, 3.63) is 41.2 Å². The molecule has 0 atom stereocenters. The first-order valence-electron chi connectivity index (χ1n) is 5.30. The van der Waals surface area contributed by atoms with E-state index in [1.807, 2.05) is 0 Å². The van der Waals surface area contributed by atoms with E-state index in [-0.39, 0.29) is 6.54 Å². The third-order valence-electron chi connectivity index (χ3n) is 2.49. The molecule has 0 saturated carbocycles. The maximum Gasteiger partial charge on any atom is 0.252 e. The zero-order valence-electron chi connectivity index (χ0n) is 9.87. The molecule has 0 aliphatic heterocycles. The minimum Gasteiger partial charge on any atom is -0.468 e. The number of hydrogen-bond donors (Lipinski definition) is 1. The van der Waals surface area contributed by atoms with Gasteiger partial charge in [-0.1, -0.05) is 0 Å². The Morgan fingerprint density at radius 3 is 2.83 bits per heavy atom. The quantitative estimate of drug-likeness (QED) is 0.906. The predicted octanol–water partition coefficient (Wildman–Crippen LogP) is 1.62. The van der Waals surface area contributed by atoms with Crippen molar-refractivity contribution in [3.8, 4) is 0 Å². The second-order valence-electron chi connectivity index (χ2n) is 3.82. The highest BCUT2D eigenvalue weighted by molar-refractivity contribution is 7.91. The second kappa shape index (κ2) is 5.23. The Morgan fingerprint density at radius 2 is 2.28 bits per heavy atom. The van der Waals surface area contributed by atoms with Gasteiger partial charge in [-0.15, -0.1) is 11.3 Å². The molecule has 0 aliphatic carbocycles. The number of rotatable bonds is 5. The topological polar surface area (TPSA) is 76.5 Å². The van der Waals surface area contributed by atoms with Gasteiger partial charge in [-0.25, -0.2) is 8.42 Å². The molecule has 2 aromatic heterocycles. The SMILES string of the molecule is CN(Cc1ccco1)S(=O)(=O)c1cc(CN)cs1. The largest absolute Gasteiger partial charge is 0.468 e. The zero-order valence-corrected chi connectivity index (χ0v) is 11.5. The Bertz CT molecular complexity index is 602. The summed E-state index contributed by atoms with van der Waals surface area (Å²) in [4.78, 5) is 0. The monoisotopic (exact) mass is 286 g/mol. The molecule has 2 heterocycles. The van der Waals surface area contributed by atoms with Crippen LogP contribution in [-0.4, -0.2) is 19.8 Å². The highest BCUT2D eigenvalue weighted by atomic mass is 32.2. The van der Waals surface area contributed by atoms with Crippen molar-refractivity contribution in [2.24, 2.45) is 5.73 Å². The molecule has 2 rings (SSSR count). The molecule has 0 saturated heterocycles. The van der Waals surface area contributed by atoms with Gasteiger partial charge in [0.05, 0.1) is 12.8 Å². The van der Waals surface area contributed by atoms with Crippen molar-refractivity contribution < 1.29 is 12.8 Å². The molecule has 98 valence electrons. The van der Waals surface area contributed by atoms with Crippen LogP contribution in [0, 0.1) is 0 Å². The number of nitrogens with zero attached hydrogens (tertiary/aromatic N) is 1. The van der Waals surface area contributed by atoms with Gasteiger partial charge in [0.2, 0.25) is 0 Å². The van der Waals surface area contributed by atoms with Crippen molar-refractivity contribution in [1.82, 2.24) is 4.31 Å². The fourth-order valence-corrected chi connectivity index (χ4v) is 4.02. The highest BCUT2D eigenvalue weighted by Crippen LogP contribution is 2.24. The summed E-state index contributed by atoms with van der Waals surface area (Å²) in [6, 6.07) is 5.08. The summed E-state index contributed by atoms with van der Waals surface area (Å²) in [6.07, 6.45) is 1.52. The van der Waals surface area contributed by atoms with E-state index in [9.17, 15) is 8.42 Å². The molecule has 0 fully saturated rings. The van der Waals surface area contributed by atoms with E-state index < -0.39 is 10.0 Å². The van der Waals surface area contributed by atoms with E-state index in [0.717, 1.165) is 5.56 Å². The van der Waals surface area contributed by atoms with Crippen molar-refractivity contribution in [2.45, 2.75) is 17.3 Å². The fraction of sp³-hybridized carbons (Fsp3) is 0.273. The lowest BCUT2D eigenvalue weighted by Gasteiger charge is -2.14. The van der Waals surface area contributed by atoms with Crippen LogP contribution in [0.15, 0.2) is 38.5 Å². The van der Waals surface area contributed by atoms with E-state index in [1.165, 1.54) is 29.0 Å². The summed E-state index contributed by atoms with van der Waals surface area (Å²) in [5, 5.41) is 1.76. The predicted molar refractivity (Wildman–Crippen MR) is 69.6 cm³/mol. The number of furan rings is 1. The van der Waals surface area contributed by atoms with E-state index in [4.69, 9.17) is 10.2 Å². The molecular weight excluding hydrogens is 272 g/mol. The maximum absolute atomic E-state index is 12.2. The summed E-state index contributed by atoms with van der Waals surface area (Å²) >= 11 is 1.18. The van der Waals surface area contributed by atoms with Gasteiger partial charge in [0, 0.05) is 13.6 Å². The summed E-state index contributed by atoms with van der Waals surface area (Å²) in [6.45, 7) is 0.555. The summed E-state index contributed by atoms with van der Waals surface area (Å²) in [5.41, 5.74) is 6.30. The fourth-order valence-electron chi connectivity index (χ4n) is 1.46. The van der Waals surface area contributed by atoms with Crippen LogP contribution in [0.2, 0.25) is 0 Å². The second-order valence-corrected chi connectivity index (χ2v) is 7.00. The smallest absolute Gasteiger partial charge is 0.252 e. The standard InChI is InChI=1S/C11H14N2O3S2/c1-13(7-10-3-2-4-16-10)18(14,15)11-5-9(6-12)8-17-11/h2-5,8H,6-7,12H2,1H3. The lowest BCUT2D eigenvalue weighted by Crippen LogP contribution is -2.25. The molecule has 5 nitrogen and oxygen atoms in total. The van der Waals surface area contributed by atoms with E-state index in [0.29, 0.717) is 16.5 Å². The first-order chi connectivity index (χ1) is 8.54. The number of sulfonamides is 1.